The van der Waals surface area contributed by atoms with Crippen molar-refractivity contribution in [3.8, 4) is 0 Å². The minimum Gasteiger partial charge on any atom is -0.464 e. The number of carbonyl (C=O) groups is 3. The number of amides is 2. The molecule has 1 fully saturated rings. The second-order valence-electron chi connectivity index (χ2n) is 8.06. The van der Waals surface area contributed by atoms with Gasteiger partial charge in [-0.25, -0.2) is 14.4 Å². The standard InChI is InChI=1S/C22H30N2O6/c1-22(2,3)30-21(27)24-12-10-16(11-13-24)14-18(19(25)28-4)23-20(26)29-15-17-8-6-5-7-9-17/h5-9,14,16H,10-13,15H2,1-4H3,(H,23,26)/b18-14+. The normalized spacial score (nSPS) is 15.3. The molecule has 1 N–H and O–H groups in total. The summed E-state index contributed by atoms with van der Waals surface area (Å²) in [6.07, 6.45) is 1.87. The smallest absolute Gasteiger partial charge is 0.412 e. The molecule has 1 aliphatic heterocycles. The van der Waals surface area contributed by atoms with Gasteiger partial charge in [0.25, 0.3) is 0 Å². The van der Waals surface area contributed by atoms with E-state index in [2.05, 4.69) is 5.32 Å². The van der Waals surface area contributed by atoms with Crippen molar-refractivity contribution in [3.63, 3.8) is 0 Å². The molecule has 30 heavy (non-hydrogen) atoms. The first-order valence-corrected chi connectivity index (χ1v) is 9.93. The van der Waals surface area contributed by atoms with Crippen LogP contribution in [0.25, 0.3) is 0 Å². The van der Waals surface area contributed by atoms with Gasteiger partial charge < -0.3 is 19.1 Å². The van der Waals surface area contributed by atoms with E-state index in [9.17, 15) is 14.4 Å². The molecular weight excluding hydrogens is 388 g/mol. The highest BCUT2D eigenvalue weighted by Gasteiger charge is 2.27. The minimum atomic E-state index is -0.735. The summed E-state index contributed by atoms with van der Waals surface area (Å²) >= 11 is 0. The maximum Gasteiger partial charge on any atom is 0.412 e. The fraction of sp³-hybridized carbons (Fsp3) is 0.500. The number of alkyl carbamates (subject to hydrolysis) is 1. The van der Waals surface area contributed by atoms with E-state index in [-0.39, 0.29) is 24.3 Å². The number of carbonyl (C=O) groups excluding carboxylic acids is 3. The molecule has 0 bridgehead atoms. The molecule has 0 spiro atoms. The highest BCUT2D eigenvalue weighted by molar-refractivity contribution is 5.92. The van der Waals surface area contributed by atoms with E-state index in [4.69, 9.17) is 14.2 Å². The molecule has 8 nitrogen and oxygen atoms in total. The van der Waals surface area contributed by atoms with E-state index in [1.165, 1.54) is 7.11 Å². The Morgan fingerprint density at radius 2 is 1.77 bits per heavy atom. The van der Waals surface area contributed by atoms with Crippen LogP contribution in [0.1, 0.15) is 39.2 Å². The van der Waals surface area contributed by atoms with Crippen LogP contribution in [0.5, 0.6) is 0 Å². The summed E-state index contributed by atoms with van der Waals surface area (Å²) < 4.78 is 15.3. The number of nitrogens with one attached hydrogen (secondary N) is 1. The number of rotatable bonds is 5. The molecule has 0 saturated carbocycles. The average molecular weight is 418 g/mol. The quantitative estimate of drug-likeness (QED) is 0.446. The molecule has 1 aromatic rings. The minimum absolute atomic E-state index is 0.00668. The van der Waals surface area contributed by atoms with E-state index in [0.29, 0.717) is 25.9 Å². The number of allylic oxidation sites excluding steroid dienone is 1. The van der Waals surface area contributed by atoms with Gasteiger partial charge in [0.2, 0.25) is 0 Å². The van der Waals surface area contributed by atoms with Crippen LogP contribution in [-0.4, -0.2) is 48.9 Å². The van der Waals surface area contributed by atoms with Gasteiger partial charge in [-0.3, -0.25) is 5.32 Å². The largest absolute Gasteiger partial charge is 0.464 e. The lowest BCUT2D eigenvalue weighted by atomic mass is 9.96. The van der Waals surface area contributed by atoms with Crippen molar-refractivity contribution in [1.29, 1.82) is 0 Å². The van der Waals surface area contributed by atoms with Gasteiger partial charge in [0.1, 0.15) is 17.9 Å². The lowest BCUT2D eigenvalue weighted by Crippen LogP contribution is -2.41. The SMILES string of the molecule is COC(=O)/C(=C\C1CCN(C(=O)OC(C)(C)C)CC1)NC(=O)OCc1ccccc1. The zero-order valence-electron chi connectivity index (χ0n) is 18.0. The average Bonchev–Trinajstić information content (AvgIpc) is 2.71. The van der Waals surface area contributed by atoms with Crippen LogP contribution in [0.2, 0.25) is 0 Å². The zero-order valence-corrected chi connectivity index (χ0v) is 18.0. The van der Waals surface area contributed by atoms with E-state index in [0.717, 1.165) is 5.56 Å². The molecule has 8 heteroatoms. The number of benzene rings is 1. The fourth-order valence-electron chi connectivity index (χ4n) is 2.95. The van der Waals surface area contributed by atoms with Gasteiger partial charge >= 0.3 is 18.2 Å². The van der Waals surface area contributed by atoms with Gasteiger partial charge in [-0.05, 0) is 51.2 Å². The number of esters is 1. The summed E-state index contributed by atoms with van der Waals surface area (Å²) in [5.41, 5.74) is 0.327. The summed E-state index contributed by atoms with van der Waals surface area (Å²) in [5.74, 6) is -0.645. The Kier molecular flexibility index (Phi) is 8.26. The molecule has 2 rings (SSSR count). The van der Waals surface area contributed by atoms with E-state index in [1.807, 2.05) is 51.1 Å². The molecule has 0 atom stereocenters. The van der Waals surface area contributed by atoms with Crippen LogP contribution in [0, 0.1) is 5.92 Å². The Morgan fingerprint density at radius 1 is 1.13 bits per heavy atom. The lowest BCUT2D eigenvalue weighted by molar-refractivity contribution is -0.136. The lowest BCUT2D eigenvalue weighted by Gasteiger charge is -2.32. The Bertz CT molecular complexity index is 762. The molecule has 1 aromatic carbocycles. The Hall–Kier alpha value is -3.03. The highest BCUT2D eigenvalue weighted by atomic mass is 16.6. The second kappa shape index (κ2) is 10.7. The van der Waals surface area contributed by atoms with Crippen LogP contribution in [0.4, 0.5) is 9.59 Å². The highest BCUT2D eigenvalue weighted by Crippen LogP contribution is 2.22. The summed E-state index contributed by atoms with van der Waals surface area (Å²) in [4.78, 5) is 38.0. The molecule has 0 radical (unpaired) electrons. The number of nitrogens with zero attached hydrogens (tertiary/aromatic N) is 1. The third-order valence-electron chi connectivity index (χ3n) is 4.45. The van der Waals surface area contributed by atoms with Crippen molar-refractivity contribution in [2.45, 2.75) is 45.8 Å². The number of likely N-dealkylation sites (tertiary alicyclic amines) is 1. The Labute approximate surface area is 177 Å². The molecular formula is C22H30N2O6. The molecule has 0 aliphatic carbocycles. The predicted octanol–water partition coefficient (Wildman–Crippen LogP) is 3.62. The predicted molar refractivity (Wildman–Crippen MR) is 110 cm³/mol. The fourth-order valence-corrected chi connectivity index (χ4v) is 2.95. The number of hydrogen-bond donors (Lipinski definition) is 1. The van der Waals surface area contributed by atoms with Gasteiger partial charge in [-0.15, -0.1) is 0 Å². The van der Waals surface area contributed by atoms with Gasteiger partial charge in [-0.1, -0.05) is 30.3 Å². The van der Waals surface area contributed by atoms with Crippen LogP contribution < -0.4 is 5.32 Å². The maximum atomic E-state index is 12.2. The number of piperidine rings is 1. The third kappa shape index (κ3) is 7.77. The van der Waals surface area contributed by atoms with Gasteiger partial charge in [0, 0.05) is 13.1 Å². The Balaban J connectivity index is 1.91. The summed E-state index contributed by atoms with van der Waals surface area (Å²) in [7, 11) is 1.25. The molecule has 164 valence electrons. The summed E-state index contributed by atoms with van der Waals surface area (Å²) in [6.45, 7) is 6.57. The monoisotopic (exact) mass is 418 g/mol. The maximum absolute atomic E-state index is 12.2. The van der Waals surface area contributed by atoms with Crippen molar-refractivity contribution in [2.24, 2.45) is 5.92 Å². The van der Waals surface area contributed by atoms with Gasteiger partial charge in [0.15, 0.2) is 0 Å². The van der Waals surface area contributed by atoms with Crippen molar-refractivity contribution < 1.29 is 28.6 Å². The summed E-state index contributed by atoms with van der Waals surface area (Å²) in [6, 6.07) is 9.24. The van der Waals surface area contributed by atoms with E-state index < -0.39 is 17.7 Å². The molecule has 0 aromatic heterocycles. The zero-order chi connectivity index (χ0) is 22.1. The van der Waals surface area contributed by atoms with Gasteiger partial charge in [0.05, 0.1) is 7.11 Å². The first kappa shape index (κ1) is 23.3. The van der Waals surface area contributed by atoms with Crippen molar-refractivity contribution >= 4 is 18.2 Å². The van der Waals surface area contributed by atoms with Crippen LogP contribution >= 0.6 is 0 Å². The number of ether oxygens (including phenoxy) is 3. The molecule has 0 unspecified atom stereocenters. The summed E-state index contributed by atoms with van der Waals surface area (Å²) in [5, 5.41) is 2.47. The first-order valence-electron chi connectivity index (χ1n) is 9.93. The third-order valence-corrected chi connectivity index (χ3v) is 4.45. The second-order valence-corrected chi connectivity index (χ2v) is 8.06. The van der Waals surface area contributed by atoms with Crippen molar-refractivity contribution in [2.75, 3.05) is 20.2 Å². The van der Waals surface area contributed by atoms with Crippen molar-refractivity contribution in [1.82, 2.24) is 10.2 Å². The molecule has 1 heterocycles. The number of methoxy groups -OCH3 is 1. The molecule has 2 amide bonds. The van der Waals surface area contributed by atoms with Crippen LogP contribution in [0.15, 0.2) is 42.1 Å². The van der Waals surface area contributed by atoms with E-state index in [1.54, 1.807) is 11.0 Å². The van der Waals surface area contributed by atoms with E-state index >= 15 is 0 Å². The molecule has 1 saturated heterocycles. The molecule has 1 aliphatic rings. The van der Waals surface area contributed by atoms with Gasteiger partial charge in [-0.2, -0.15) is 0 Å². The van der Waals surface area contributed by atoms with Crippen LogP contribution in [0.3, 0.4) is 0 Å². The first-order chi connectivity index (χ1) is 14.2. The van der Waals surface area contributed by atoms with Crippen LogP contribution in [-0.2, 0) is 25.6 Å². The number of hydrogen-bond acceptors (Lipinski definition) is 6. The topological polar surface area (TPSA) is 94.2 Å². The Morgan fingerprint density at radius 3 is 2.33 bits per heavy atom. The van der Waals surface area contributed by atoms with Crippen molar-refractivity contribution in [3.05, 3.63) is 47.7 Å².